The summed E-state index contributed by atoms with van der Waals surface area (Å²) in [7, 11) is 0. The molecule has 0 aliphatic heterocycles. The topological polar surface area (TPSA) is 78.4 Å². The van der Waals surface area contributed by atoms with Crippen molar-refractivity contribution < 1.29 is 23.5 Å². The highest BCUT2D eigenvalue weighted by molar-refractivity contribution is 6.01. The maximum absolute atomic E-state index is 13.4. The zero-order valence-corrected chi connectivity index (χ0v) is 11.3. The molecule has 0 radical (unpaired) electrons. The summed E-state index contributed by atoms with van der Waals surface area (Å²) in [5, 5.41) is 13.9. The van der Waals surface area contributed by atoms with E-state index in [9.17, 15) is 18.4 Å². The van der Waals surface area contributed by atoms with E-state index in [-0.39, 0.29) is 23.5 Å². The SMILES string of the molecule is O=C(CNc1ccccc1F)Nc1ccc(F)cc1C(=O)O. The Hall–Kier alpha value is -2.96. The summed E-state index contributed by atoms with van der Waals surface area (Å²) in [6.45, 7) is -0.266. The van der Waals surface area contributed by atoms with Gasteiger partial charge in [0.1, 0.15) is 11.6 Å². The van der Waals surface area contributed by atoms with Crippen molar-refractivity contribution in [3.8, 4) is 0 Å². The summed E-state index contributed by atoms with van der Waals surface area (Å²) >= 11 is 0. The molecule has 0 fully saturated rings. The predicted molar refractivity (Wildman–Crippen MR) is 76.9 cm³/mol. The molecule has 1 amide bonds. The van der Waals surface area contributed by atoms with E-state index >= 15 is 0 Å². The highest BCUT2D eigenvalue weighted by Gasteiger charge is 2.13. The van der Waals surface area contributed by atoms with Gasteiger partial charge in [0.25, 0.3) is 0 Å². The Morgan fingerprint density at radius 1 is 1.05 bits per heavy atom. The maximum atomic E-state index is 13.4. The first-order valence-corrected chi connectivity index (χ1v) is 6.28. The van der Waals surface area contributed by atoms with Gasteiger partial charge in [-0.15, -0.1) is 0 Å². The molecular weight excluding hydrogens is 294 g/mol. The van der Waals surface area contributed by atoms with E-state index in [4.69, 9.17) is 5.11 Å². The molecule has 114 valence electrons. The summed E-state index contributed by atoms with van der Waals surface area (Å²) in [5.41, 5.74) is -0.247. The van der Waals surface area contributed by atoms with Crippen molar-refractivity contribution >= 4 is 23.3 Å². The quantitative estimate of drug-likeness (QED) is 0.793. The summed E-state index contributed by atoms with van der Waals surface area (Å²) < 4.78 is 26.4. The molecule has 0 unspecified atom stereocenters. The van der Waals surface area contributed by atoms with Crippen molar-refractivity contribution in [1.82, 2.24) is 0 Å². The van der Waals surface area contributed by atoms with Crippen LogP contribution in [0.25, 0.3) is 0 Å². The molecule has 2 aromatic carbocycles. The van der Waals surface area contributed by atoms with Gasteiger partial charge in [-0.1, -0.05) is 12.1 Å². The van der Waals surface area contributed by atoms with Crippen LogP contribution in [0.3, 0.4) is 0 Å². The average Bonchev–Trinajstić information content (AvgIpc) is 2.48. The van der Waals surface area contributed by atoms with Gasteiger partial charge in [-0.05, 0) is 30.3 Å². The summed E-state index contributed by atoms with van der Waals surface area (Å²) in [6, 6.07) is 8.81. The van der Waals surface area contributed by atoms with Crippen molar-refractivity contribution in [3.05, 3.63) is 59.7 Å². The van der Waals surface area contributed by atoms with E-state index in [0.29, 0.717) is 0 Å². The summed E-state index contributed by atoms with van der Waals surface area (Å²) in [4.78, 5) is 22.8. The fourth-order valence-corrected chi connectivity index (χ4v) is 1.78. The first-order valence-electron chi connectivity index (χ1n) is 6.28. The lowest BCUT2D eigenvalue weighted by Gasteiger charge is -2.10. The molecule has 3 N–H and O–H groups in total. The molecule has 0 bridgehead atoms. The monoisotopic (exact) mass is 306 g/mol. The van der Waals surface area contributed by atoms with Crippen LogP contribution in [-0.4, -0.2) is 23.5 Å². The molecule has 0 saturated heterocycles. The molecule has 0 aromatic heterocycles. The lowest BCUT2D eigenvalue weighted by molar-refractivity contribution is -0.114. The van der Waals surface area contributed by atoms with E-state index in [0.717, 1.165) is 18.2 Å². The van der Waals surface area contributed by atoms with Crippen LogP contribution in [0.4, 0.5) is 20.2 Å². The standard InChI is InChI=1S/C15H12F2N2O3/c16-9-5-6-12(10(7-9)15(21)22)19-14(20)8-18-13-4-2-1-3-11(13)17/h1-7,18H,8H2,(H,19,20)(H,21,22). The third-order valence-electron chi connectivity index (χ3n) is 2.80. The number of carboxylic acid groups (broad SMARTS) is 1. The van der Waals surface area contributed by atoms with Crippen LogP contribution in [0.15, 0.2) is 42.5 Å². The van der Waals surface area contributed by atoms with Crippen LogP contribution in [0.2, 0.25) is 0 Å². The molecule has 0 atom stereocenters. The van der Waals surface area contributed by atoms with Crippen LogP contribution in [0, 0.1) is 11.6 Å². The number of anilines is 2. The van der Waals surface area contributed by atoms with Gasteiger partial charge in [0, 0.05) is 0 Å². The molecule has 0 aliphatic rings. The molecule has 22 heavy (non-hydrogen) atoms. The number of rotatable bonds is 5. The Morgan fingerprint density at radius 2 is 1.77 bits per heavy atom. The number of hydrogen-bond donors (Lipinski definition) is 3. The van der Waals surface area contributed by atoms with Gasteiger partial charge < -0.3 is 15.7 Å². The van der Waals surface area contributed by atoms with Crippen molar-refractivity contribution in [2.45, 2.75) is 0 Å². The number of aromatic carboxylic acids is 1. The van der Waals surface area contributed by atoms with Gasteiger partial charge >= 0.3 is 5.97 Å². The average molecular weight is 306 g/mol. The number of amides is 1. The minimum absolute atomic E-state index is 0.0331. The van der Waals surface area contributed by atoms with Crippen LogP contribution in [-0.2, 0) is 4.79 Å². The Labute approximate surface area is 124 Å². The highest BCUT2D eigenvalue weighted by atomic mass is 19.1. The van der Waals surface area contributed by atoms with Gasteiger partial charge in [0.05, 0.1) is 23.5 Å². The Morgan fingerprint density at radius 3 is 2.45 bits per heavy atom. The molecule has 7 heteroatoms. The number of halogens is 2. The smallest absolute Gasteiger partial charge is 0.337 e. The molecule has 0 spiro atoms. The molecule has 2 rings (SSSR count). The Kier molecular flexibility index (Phi) is 4.67. The summed E-state index contributed by atoms with van der Waals surface area (Å²) in [6.07, 6.45) is 0. The molecule has 2 aromatic rings. The zero-order valence-electron chi connectivity index (χ0n) is 11.3. The number of nitrogens with one attached hydrogen (secondary N) is 2. The highest BCUT2D eigenvalue weighted by Crippen LogP contribution is 2.17. The van der Waals surface area contributed by atoms with Gasteiger partial charge in [-0.3, -0.25) is 4.79 Å². The third kappa shape index (κ3) is 3.78. The van der Waals surface area contributed by atoms with Gasteiger partial charge in [0.15, 0.2) is 0 Å². The predicted octanol–water partition coefficient (Wildman–Crippen LogP) is 2.71. The fourth-order valence-electron chi connectivity index (χ4n) is 1.78. The molecule has 5 nitrogen and oxygen atoms in total. The van der Waals surface area contributed by atoms with Gasteiger partial charge in [0.2, 0.25) is 5.91 Å². The molecule has 0 heterocycles. The van der Waals surface area contributed by atoms with Crippen LogP contribution < -0.4 is 10.6 Å². The first kappa shape index (κ1) is 15.4. The van der Waals surface area contributed by atoms with E-state index < -0.39 is 23.5 Å². The van der Waals surface area contributed by atoms with Crippen LogP contribution in [0.5, 0.6) is 0 Å². The minimum Gasteiger partial charge on any atom is -0.478 e. The molecule has 0 aliphatic carbocycles. The largest absolute Gasteiger partial charge is 0.478 e. The van der Waals surface area contributed by atoms with Crippen molar-refractivity contribution in [3.63, 3.8) is 0 Å². The second-order valence-electron chi connectivity index (χ2n) is 4.38. The molecular formula is C15H12F2N2O3. The van der Waals surface area contributed by atoms with Crippen molar-refractivity contribution in [1.29, 1.82) is 0 Å². The van der Waals surface area contributed by atoms with Crippen LogP contribution >= 0.6 is 0 Å². The lowest BCUT2D eigenvalue weighted by Crippen LogP contribution is -2.23. The normalized spacial score (nSPS) is 10.1. The fraction of sp³-hybridized carbons (Fsp3) is 0.0667. The number of para-hydroxylation sites is 1. The van der Waals surface area contributed by atoms with E-state index in [1.54, 1.807) is 6.07 Å². The van der Waals surface area contributed by atoms with E-state index in [1.807, 2.05) is 0 Å². The minimum atomic E-state index is -1.36. The number of hydrogen-bond acceptors (Lipinski definition) is 3. The Bertz CT molecular complexity index is 720. The number of benzene rings is 2. The maximum Gasteiger partial charge on any atom is 0.337 e. The molecule has 0 saturated carbocycles. The second kappa shape index (κ2) is 6.66. The number of carbonyl (C=O) groups excluding carboxylic acids is 1. The Balaban J connectivity index is 2.04. The van der Waals surface area contributed by atoms with Crippen molar-refractivity contribution in [2.75, 3.05) is 17.2 Å². The van der Waals surface area contributed by atoms with Crippen LogP contribution in [0.1, 0.15) is 10.4 Å². The van der Waals surface area contributed by atoms with Gasteiger partial charge in [-0.2, -0.15) is 0 Å². The number of carboxylic acids is 1. The van der Waals surface area contributed by atoms with E-state index in [1.165, 1.54) is 18.2 Å². The third-order valence-corrected chi connectivity index (χ3v) is 2.80. The second-order valence-corrected chi connectivity index (χ2v) is 4.38. The lowest BCUT2D eigenvalue weighted by atomic mass is 10.1. The van der Waals surface area contributed by atoms with E-state index in [2.05, 4.69) is 10.6 Å². The zero-order chi connectivity index (χ0) is 16.1. The first-order chi connectivity index (χ1) is 10.5. The van der Waals surface area contributed by atoms with Gasteiger partial charge in [-0.25, -0.2) is 13.6 Å². The number of carbonyl (C=O) groups is 2. The summed E-state index contributed by atoms with van der Waals surface area (Å²) in [5.74, 6) is -3.18. The van der Waals surface area contributed by atoms with Crippen molar-refractivity contribution in [2.24, 2.45) is 0 Å².